The number of rotatable bonds is 5. The molecule has 27 heavy (non-hydrogen) atoms. The second-order valence-corrected chi connectivity index (χ2v) is 6.77. The molecule has 2 aliphatic rings. The molecule has 2 aromatic rings. The van der Waals surface area contributed by atoms with Crippen LogP contribution in [0, 0.1) is 0 Å². The first-order chi connectivity index (χ1) is 13.2. The molecule has 140 valence electrons. The minimum atomic E-state index is -0.587. The van der Waals surface area contributed by atoms with Gasteiger partial charge in [0, 0.05) is 13.1 Å². The number of hydrogen-bond donors (Lipinski definition) is 1. The number of carbonyl (C=O) groups excluding carboxylic acids is 2. The fraction of sp³-hybridized carbons (Fsp3) is 0.333. The summed E-state index contributed by atoms with van der Waals surface area (Å²) in [6.07, 6.45) is 1.15. The molecule has 0 radical (unpaired) electrons. The van der Waals surface area contributed by atoms with Gasteiger partial charge in [-0.3, -0.25) is 9.59 Å². The quantitative estimate of drug-likeness (QED) is 0.883. The molecule has 0 aromatic heterocycles. The fourth-order valence-corrected chi connectivity index (χ4v) is 3.65. The van der Waals surface area contributed by atoms with Crippen LogP contribution in [-0.2, 0) is 22.6 Å². The van der Waals surface area contributed by atoms with E-state index in [-0.39, 0.29) is 18.6 Å². The van der Waals surface area contributed by atoms with Gasteiger partial charge in [-0.1, -0.05) is 37.3 Å². The summed E-state index contributed by atoms with van der Waals surface area (Å²) in [5, 5.41) is 2.98. The second kappa shape index (κ2) is 7.31. The van der Waals surface area contributed by atoms with Crippen molar-refractivity contribution in [3.05, 3.63) is 59.2 Å². The molecule has 2 aromatic carbocycles. The smallest absolute Gasteiger partial charge is 0.247 e. The molecule has 0 spiro atoms. The van der Waals surface area contributed by atoms with Crippen LogP contribution in [0.4, 0.5) is 0 Å². The summed E-state index contributed by atoms with van der Waals surface area (Å²) in [6, 6.07) is 12.7. The molecule has 2 heterocycles. The van der Waals surface area contributed by atoms with Crippen LogP contribution in [0.2, 0.25) is 0 Å². The lowest BCUT2D eigenvalue weighted by atomic mass is 9.91. The predicted molar refractivity (Wildman–Crippen MR) is 99.3 cm³/mol. The highest BCUT2D eigenvalue weighted by Crippen LogP contribution is 2.33. The molecule has 0 unspecified atom stereocenters. The van der Waals surface area contributed by atoms with E-state index in [1.165, 1.54) is 0 Å². The Morgan fingerprint density at radius 3 is 2.85 bits per heavy atom. The number of carbonyl (C=O) groups is 2. The molecule has 0 saturated heterocycles. The summed E-state index contributed by atoms with van der Waals surface area (Å²) in [4.78, 5) is 27.3. The molecule has 2 amide bonds. The van der Waals surface area contributed by atoms with E-state index < -0.39 is 6.04 Å². The average Bonchev–Trinajstić information content (AvgIpc) is 3.14. The summed E-state index contributed by atoms with van der Waals surface area (Å²) in [7, 11) is 0. The number of nitrogens with zero attached hydrogens (tertiary/aromatic N) is 1. The minimum absolute atomic E-state index is 0.00113. The lowest BCUT2D eigenvalue weighted by molar-refractivity contribution is -0.141. The second-order valence-electron chi connectivity index (χ2n) is 6.77. The van der Waals surface area contributed by atoms with Gasteiger partial charge in [0.2, 0.25) is 18.6 Å². The summed E-state index contributed by atoms with van der Waals surface area (Å²) in [6.45, 7) is 3.16. The van der Waals surface area contributed by atoms with Crippen molar-refractivity contribution >= 4 is 11.8 Å². The summed E-state index contributed by atoms with van der Waals surface area (Å²) >= 11 is 0. The van der Waals surface area contributed by atoms with Gasteiger partial charge < -0.3 is 19.7 Å². The Hall–Kier alpha value is -3.02. The zero-order valence-electron chi connectivity index (χ0n) is 15.2. The van der Waals surface area contributed by atoms with Crippen molar-refractivity contribution in [1.82, 2.24) is 10.2 Å². The first-order valence-electron chi connectivity index (χ1n) is 9.21. The van der Waals surface area contributed by atoms with Gasteiger partial charge in [0.1, 0.15) is 6.04 Å². The molecule has 0 fully saturated rings. The van der Waals surface area contributed by atoms with Gasteiger partial charge in [-0.25, -0.2) is 0 Å². The minimum Gasteiger partial charge on any atom is -0.454 e. The molecule has 0 saturated carbocycles. The first-order valence-corrected chi connectivity index (χ1v) is 9.21. The van der Waals surface area contributed by atoms with Crippen LogP contribution in [0.1, 0.15) is 36.1 Å². The SMILES string of the molecule is CCCN1C(=O)Cc2ccccc2[C@@H]1C(=O)NCc1ccc2c(c1)OCO2. The van der Waals surface area contributed by atoms with Crippen LogP contribution >= 0.6 is 0 Å². The molecule has 6 nitrogen and oxygen atoms in total. The van der Waals surface area contributed by atoms with E-state index in [2.05, 4.69) is 5.32 Å². The first kappa shape index (κ1) is 17.4. The van der Waals surface area contributed by atoms with Gasteiger partial charge in [0.25, 0.3) is 0 Å². The Balaban J connectivity index is 1.54. The molecular formula is C21H22N2O4. The number of ether oxygens (including phenoxy) is 2. The van der Waals surface area contributed by atoms with Crippen LogP contribution in [0.25, 0.3) is 0 Å². The van der Waals surface area contributed by atoms with Crippen LogP contribution in [0.15, 0.2) is 42.5 Å². The maximum Gasteiger partial charge on any atom is 0.247 e. The van der Waals surface area contributed by atoms with E-state index in [1.807, 2.05) is 49.4 Å². The Bertz CT molecular complexity index is 880. The summed E-state index contributed by atoms with van der Waals surface area (Å²) in [5.74, 6) is 1.24. The summed E-state index contributed by atoms with van der Waals surface area (Å²) in [5.41, 5.74) is 2.76. The lowest BCUT2D eigenvalue weighted by Gasteiger charge is -2.36. The zero-order chi connectivity index (χ0) is 18.8. The Morgan fingerprint density at radius 1 is 1.19 bits per heavy atom. The van der Waals surface area contributed by atoms with Crippen LogP contribution in [0.5, 0.6) is 11.5 Å². The van der Waals surface area contributed by atoms with Crippen LogP contribution < -0.4 is 14.8 Å². The van der Waals surface area contributed by atoms with Crippen molar-refractivity contribution in [3.8, 4) is 11.5 Å². The monoisotopic (exact) mass is 366 g/mol. The number of hydrogen-bond acceptors (Lipinski definition) is 4. The highest BCUT2D eigenvalue weighted by atomic mass is 16.7. The molecule has 2 aliphatic heterocycles. The molecule has 6 heteroatoms. The predicted octanol–water partition coefficient (Wildman–Crippen LogP) is 2.57. The van der Waals surface area contributed by atoms with Gasteiger partial charge >= 0.3 is 0 Å². The van der Waals surface area contributed by atoms with E-state index in [9.17, 15) is 9.59 Å². The van der Waals surface area contributed by atoms with Crippen molar-refractivity contribution in [1.29, 1.82) is 0 Å². The van der Waals surface area contributed by atoms with Crippen LogP contribution in [0.3, 0.4) is 0 Å². The third kappa shape index (κ3) is 3.35. The molecular weight excluding hydrogens is 344 g/mol. The Labute approximate surface area is 158 Å². The van der Waals surface area contributed by atoms with E-state index in [1.54, 1.807) is 4.90 Å². The Kier molecular flexibility index (Phi) is 4.71. The normalized spacial score (nSPS) is 17.6. The van der Waals surface area contributed by atoms with Crippen molar-refractivity contribution in [2.45, 2.75) is 32.4 Å². The van der Waals surface area contributed by atoms with Gasteiger partial charge in [-0.15, -0.1) is 0 Å². The van der Waals surface area contributed by atoms with Gasteiger partial charge in [0.15, 0.2) is 11.5 Å². The van der Waals surface area contributed by atoms with Crippen LogP contribution in [-0.4, -0.2) is 30.1 Å². The summed E-state index contributed by atoms with van der Waals surface area (Å²) < 4.78 is 10.7. The van der Waals surface area contributed by atoms with Gasteiger partial charge in [-0.2, -0.15) is 0 Å². The maximum atomic E-state index is 13.0. The standard InChI is InChI=1S/C21H22N2O4/c1-2-9-23-19(24)11-15-5-3-4-6-16(15)20(23)21(25)22-12-14-7-8-17-18(10-14)27-13-26-17/h3-8,10,20H,2,9,11-13H2,1H3,(H,22,25)/t20-/m1/s1. The van der Waals surface area contributed by atoms with Crippen molar-refractivity contribution < 1.29 is 19.1 Å². The molecule has 4 rings (SSSR count). The zero-order valence-corrected chi connectivity index (χ0v) is 15.2. The molecule has 0 aliphatic carbocycles. The third-order valence-corrected chi connectivity index (χ3v) is 4.94. The van der Waals surface area contributed by atoms with Gasteiger partial charge in [-0.05, 0) is 35.2 Å². The number of fused-ring (bicyclic) bond motifs is 2. The molecule has 1 N–H and O–H groups in total. The van der Waals surface area contributed by atoms with E-state index in [0.717, 1.165) is 23.1 Å². The van der Waals surface area contributed by atoms with E-state index in [0.29, 0.717) is 31.0 Å². The third-order valence-electron chi connectivity index (χ3n) is 4.94. The van der Waals surface area contributed by atoms with E-state index >= 15 is 0 Å². The largest absolute Gasteiger partial charge is 0.454 e. The topological polar surface area (TPSA) is 67.9 Å². The maximum absolute atomic E-state index is 13.0. The van der Waals surface area contributed by atoms with Gasteiger partial charge in [0.05, 0.1) is 6.42 Å². The average molecular weight is 366 g/mol. The van der Waals surface area contributed by atoms with E-state index in [4.69, 9.17) is 9.47 Å². The number of amides is 2. The number of benzene rings is 2. The highest BCUT2D eigenvalue weighted by molar-refractivity contribution is 5.92. The number of nitrogens with one attached hydrogen (secondary N) is 1. The Morgan fingerprint density at radius 2 is 2.00 bits per heavy atom. The van der Waals surface area contributed by atoms with Crippen molar-refractivity contribution in [2.24, 2.45) is 0 Å². The lowest BCUT2D eigenvalue weighted by Crippen LogP contribution is -2.47. The van der Waals surface area contributed by atoms with Crippen molar-refractivity contribution in [2.75, 3.05) is 13.3 Å². The fourth-order valence-electron chi connectivity index (χ4n) is 3.65. The van der Waals surface area contributed by atoms with Crippen molar-refractivity contribution in [3.63, 3.8) is 0 Å². The molecule has 1 atom stereocenters. The molecule has 0 bridgehead atoms. The highest BCUT2D eigenvalue weighted by Gasteiger charge is 2.36.